The van der Waals surface area contributed by atoms with E-state index in [-0.39, 0.29) is 18.3 Å². The molecule has 5 nitrogen and oxygen atoms in total. The molecule has 1 amide bonds. The lowest BCUT2D eigenvalue weighted by atomic mass is 10.1. The van der Waals surface area contributed by atoms with Crippen molar-refractivity contribution in [1.82, 2.24) is 5.32 Å². The lowest BCUT2D eigenvalue weighted by Crippen LogP contribution is -2.30. The molecule has 0 saturated carbocycles. The van der Waals surface area contributed by atoms with E-state index in [1.807, 2.05) is 25.1 Å². The van der Waals surface area contributed by atoms with Crippen molar-refractivity contribution in [3.8, 4) is 0 Å². The molecule has 25 heavy (non-hydrogen) atoms. The number of ether oxygens (including phenoxy) is 1. The van der Waals surface area contributed by atoms with Gasteiger partial charge in [0.2, 0.25) is 0 Å². The Hall–Kier alpha value is -2.89. The van der Waals surface area contributed by atoms with E-state index in [4.69, 9.17) is 4.74 Å². The van der Waals surface area contributed by atoms with Crippen LogP contribution in [0.5, 0.6) is 0 Å². The monoisotopic (exact) mass is 344 g/mol. The van der Waals surface area contributed by atoms with Gasteiger partial charge in [0.25, 0.3) is 5.91 Å². The Labute approximate surface area is 146 Å². The van der Waals surface area contributed by atoms with Crippen LogP contribution in [0.3, 0.4) is 0 Å². The second-order valence-corrected chi connectivity index (χ2v) is 5.75. The van der Waals surface area contributed by atoms with Crippen LogP contribution in [0.4, 0.5) is 10.1 Å². The van der Waals surface area contributed by atoms with Gasteiger partial charge in [-0.3, -0.25) is 4.79 Å². The molecule has 0 saturated heterocycles. The highest BCUT2D eigenvalue weighted by Gasteiger charge is 2.11. The summed E-state index contributed by atoms with van der Waals surface area (Å²) < 4.78 is 17.8. The molecule has 0 unspecified atom stereocenters. The lowest BCUT2D eigenvalue weighted by Gasteiger charge is -2.13. The summed E-state index contributed by atoms with van der Waals surface area (Å²) in [6, 6.07) is 13.1. The van der Waals surface area contributed by atoms with Crippen LogP contribution in [0.15, 0.2) is 48.5 Å². The van der Waals surface area contributed by atoms with Crippen molar-refractivity contribution in [3.63, 3.8) is 0 Å². The summed E-state index contributed by atoms with van der Waals surface area (Å²) in [4.78, 5) is 25.6. The average Bonchev–Trinajstić information content (AvgIpc) is 2.61. The molecule has 0 aliphatic rings. The number of carbonyl (C=O) groups excluding carboxylic acids is 2. The fourth-order valence-electron chi connectivity index (χ4n) is 2.17. The Bertz CT molecular complexity index is 730. The van der Waals surface area contributed by atoms with Crippen LogP contribution in [0, 0.1) is 5.82 Å². The predicted octanol–water partition coefficient (Wildman–Crippen LogP) is 2.41. The van der Waals surface area contributed by atoms with E-state index in [1.54, 1.807) is 30.3 Å². The molecule has 0 atom stereocenters. The molecule has 132 valence electrons. The average molecular weight is 344 g/mol. The molecular formula is C19H21FN2O3. The number of hydrogen-bond acceptors (Lipinski definition) is 4. The predicted molar refractivity (Wildman–Crippen MR) is 94.2 cm³/mol. The minimum absolute atomic E-state index is 0.293. The van der Waals surface area contributed by atoms with E-state index in [0.717, 1.165) is 11.3 Å². The van der Waals surface area contributed by atoms with Crippen molar-refractivity contribution in [2.24, 2.45) is 0 Å². The van der Waals surface area contributed by atoms with Crippen molar-refractivity contribution >= 4 is 17.6 Å². The zero-order valence-corrected chi connectivity index (χ0v) is 14.3. The van der Waals surface area contributed by atoms with Gasteiger partial charge < -0.3 is 15.0 Å². The first kappa shape index (κ1) is 18.4. The Morgan fingerprint density at radius 1 is 1.12 bits per heavy atom. The molecule has 0 aliphatic heterocycles. The first-order valence-corrected chi connectivity index (χ1v) is 7.91. The molecule has 0 radical (unpaired) electrons. The highest BCUT2D eigenvalue weighted by Crippen LogP contribution is 2.14. The minimum Gasteiger partial charge on any atom is -0.452 e. The standard InChI is InChI=1S/C19H21FN2O3/c1-22(2)17-5-3-4-15(12-17)19(24)25-13-18(23)21-11-10-14-6-8-16(20)9-7-14/h3-9,12H,10-11,13H2,1-2H3,(H,21,23). The number of carbonyl (C=O) groups is 2. The third-order valence-corrected chi connectivity index (χ3v) is 3.58. The molecule has 2 rings (SSSR count). The van der Waals surface area contributed by atoms with E-state index in [1.165, 1.54) is 12.1 Å². The molecule has 1 N–H and O–H groups in total. The van der Waals surface area contributed by atoms with Crippen LogP contribution in [-0.4, -0.2) is 39.1 Å². The van der Waals surface area contributed by atoms with Crippen LogP contribution in [0.1, 0.15) is 15.9 Å². The number of benzene rings is 2. The van der Waals surface area contributed by atoms with Crippen molar-refractivity contribution in [2.75, 3.05) is 32.1 Å². The normalized spacial score (nSPS) is 10.2. The van der Waals surface area contributed by atoms with E-state index >= 15 is 0 Å². The number of nitrogens with zero attached hydrogens (tertiary/aromatic N) is 1. The SMILES string of the molecule is CN(C)c1cccc(C(=O)OCC(=O)NCCc2ccc(F)cc2)c1. The van der Waals surface area contributed by atoms with Gasteiger partial charge in [-0.25, -0.2) is 9.18 Å². The Morgan fingerprint density at radius 2 is 1.84 bits per heavy atom. The Balaban J connectivity index is 1.74. The van der Waals surface area contributed by atoms with Crippen LogP contribution in [0.25, 0.3) is 0 Å². The molecule has 2 aromatic carbocycles. The first-order chi connectivity index (χ1) is 12.0. The van der Waals surface area contributed by atoms with Crippen molar-refractivity contribution in [1.29, 1.82) is 0 Å². The highest BCUT2D eigenvalue weighted by molar-refractivity contribution is 5.92. The van der Waals surface area contributed by atoms with Crippen LogP contribution in [0.2, 0.25) is 0 Å². The highest BCUT2D eigenvalue weighted by atomic mass is 19.1. The van der Waals surface area contributed by atoms with Crippen molar-refractivity contribution in [2.45, 2.75) is 6.42 Å². The summed E-state index contributed by atoms with van der Waals surface area (Å²) >= 11 is 0. The molecule has 0 spiro atoms. The van der Waals surface area contributed by atoms with Crippen LogP contribution in [-0.2, 0) is 16.0 Å². The zero-order valence-electron chi connectivity index (χ0n) is 14.3. The Morgan fingerprint density at radius 3 is 2.52 bits per heavy atom. The maximum atomic E-state index is 12.8. The third kappa shape index (κ3) is 5.91. The van der Waals surface area contributed by atoms with Crippen molar-refractivity contribution in [3.05, 3.63) is 65.5 Å². The van der Waals surface area contributed by atoms with Crippen LogP contribution >= 0.6 is 0 Å². The number of esters is 1. The summed E-state index contributed by atoms with van der Waals surface area (Å²) in [6.45, 7) is 0.0482. The van der Waals surface area contributed by atoms with Gasteiger partial charge in [-0.15, -0.1) is 0 Å². The second kappa shape index (κ2) is 8.82. The number of amides is 1. The fraction of sp³-hybridized carbons (Fsp3) is 0.263. The molecule has 2 aromatic rings. The summed E-state index contributed by atoms with van der Waals surface area (Å²) in [5.74, 6) is -1.21. The molecule has 0 heterocycles. The van der Waals surface area contributed by atoms with Gasteiger partial charge in [0.1, 0.15) is 5.82 Å². The second-order valence-electron chi connectivity index (χ2n) is 5.75. The summed E-state index contributed by atoms with van der Waals surface area (Å²) in [6.07, 6.45) is 0.574. The van der Waals surface area contributed by atoms with E-state index in [0.29, 0.717) is 18.5 Å². The summed E-state index contributed by atoms with van der Waals surface area (Å²) in [5.41, 5.74) is 2.18. The van der Waals surface area contributed by atoms with Crippen LogP contribution < -0.4 is 10.2 Å². The van der Waals surface area contributed by atoms with Gasteiger partial charge in [-0.2, -0.15) is 0 Å². The first-order valence-electron chi connectivity index (χ1n) is 7.91. The third-order valence-electron chi connectivity index (χ3n) is 3.58. The molecule has 0 fully saturated rings. The summed E-state index contributed by atoms with van der Waals surface area (Å²) in [5, 5.41) is 2.66. The molecular weight excluding hydrogens is 323 g/mol. The smallest absolute Gasteiger partial charge is 0.338 e. The zero-order chi connectivity index (χ0) is 18.2. The fourth-order valence-corrected chi connectivity index (χ4v) is 2.17. The summed E-state index contributed by atoms with van der Waals surface area (Å²) in [7, 11) is 3.75. The van der Waals surface area contributed by atoms with E-state index < -0.39 is 5.97 Å². The van der Waals surface area contributed by atoms with Gasteiger partial charge in [0.15, 0.2) is 6.61 Å². The minimum atomic E-state index is -0.544. The Kier molecular flexibility index (Phi) is 6.51. The maximum absolute atomic E-state index is 12.8. The van der Waals surface area contributed by atoms with E-state index in [2.05, 4.69) is 5.32 Å². The molecule has 0 aromatic heterocycles. The van der Waals surface area contributed by atoms with Gasteiger partial charge >= 0.3 is 5.97 Å². The maximum Gasteiger partial charge on any atom is 0.338 e. The van der Waals surface area contributed by atoms with Gasteiger partial charge in [-0.05, 0) is 42.3 Å². The molecule has 0 bridgehead atoms. The lowest BCUT2D eigenvalue weighted by molar-refractivity contribution is -0.124. The van der Waals surface area contributed by atoms with Gasteiger partial charge in [0.05, 0.1) is 5.56 Å². The topological polar surface area (TPSA) is 58.6 Å². The number of nitrogens with one attached hydrogen (secondary N) is 1. The number of anilines is 1. The van der Waals surface area contributed by atoms with Crippen molar-refractivity contribution < 1.29 is 18.7 Å². The number of rotatable bonds is 7. The quantitative estimate of drug-likeness (QED) is 0.784. The molecule has 6 heteroatoms. The largest absolute Gasteiger partial charge is 0.452 e. The van der Waals surface area contributed by atoms with Gasteiger partial charge in [-0.1, -0.05) is 18.2 Å². The van der Waals surface area contributed by atoms with E-state index in [9.17, 15) is 14.0 Å². The number of halogens is 1. The molecule has 0 aliphatic carbocycles. The number of hydrogen-bond donors (Lipinski definition) is 1. The van der Waals surface area contributed by atoms with Gasteiger partial charge in [0, 0.05) is 26.3 Å².